The molecule has 0 aliphatic heterocycles. The number of hydrogen-bond acceptors (Lipinski definition) is 4. The van der Waals surface area contributed by atoms with Crippen LogP contribution in [0.25, 0.3) is 11.0 Å². The van der Waals surface area contributed by atoms with Crippen molar-refractivity contribution in [3.8, 4) is 0 Å². The van der Waals surface area contributed by atoms with Crippen molar-refractivity contribution < 1.29 is 4.79 Å². The first-order valence-corrected chi connectivity index (χ1v) is 4.93. The van der Waals surface area contributed by atoms with E-state index < -0.39 is 0 Å². The molecular weight excluding hydrogens is 220 g/mol. The maximum Gasteiger partial charge on any atom is 0.277 e. The van der Waals surface area contributed by atoms with Crippen molar-refractivity contribution >= 4 is 22.6 Å². The van der Waals surface area contributed by atoms with Crippen molar-refractivity contribution in [2.75, 3.05) is 5.32 Å². The molecule has 0 aliphatic carbocycles. The first kappa shape index (κ1) is 9.52. The predicted molar refractivity (Wildman–Crippen MR) is 60.4 cm³/mol. The van der Waals surface area contributed by atoms with Crippen LogP contribution in [-0.2, 0) is 0 Å². The van der Waals surface area contributed by atoms with E-state index in [1.165, 1.54) is 6.20 Å². The Morgan fingerprint density at radius 2 is 2.29 bits per heavy atom. The lowest BCUT2D eigenvalue weighted by Crippen LogP contribution is -2.12. The first-order chi connectivity index (χ1) is 8.33. The van der Waals surface area contributed by atoms with Crippen LogP contribution in [0.15, 0.2) is 30.7 Å². The van der Waals surface area contributed by atoms with Gasteiger partial charge < -0.3 is 10.3 Å². The maximum absolute atomic E-state index is 11.7. The second-order valence-electron chi connectivity index (χ2n) is 3.44. The molecule has 3 N–H and O–H groups in total. The van der Waals surface area contributed by atoms with Gasteiger partial charge in [0.2, 0.25) is 0 Å². The Hall–Kier alpha value is -2.70. The molecule has 17 heavy (non-hydrogen) atoms. The smallest absolute Gasteiger partial charge is 0.277 e. The lowest BCUT2D eigenvalue weighted by molar-refractivity contribution is 0.102. The predicted octanol–water partition coefficient (Wildman–Crippen LogP) is 0.933. The van der Waals surface area contributed by atoms with Crippen LogP contribution in [0.4, 0.5) is 5.69 Å². The second kappa shape index (κ2) is 3.71. The number of carbonyl (C=O) groups is 1. The zero-order valence-electron chi connectivity index (χ0n) is 8.64. The van der Waals surface area contributed by atoms with Gasteiger partial charge >= 0.3 is 0 Å². The number of carbonyl (C=O) groups excluding carboxylic acids is 1. The van der Waals surface area contributed by atoms with Crippen LogP contribution >= 0.6 is 0 Å². The van der Waals surface area contributed by atoms with Gasteiger partial charge in [0, 0.05) is 5.69 Å². The summed E-state index contributed by atoms with van der Waals surface area (Å²) in [6, 6.07) is 5.41. The van der Waals surface area contributed by atoms with Crippen molar-refractivity contribution in [2.24, 2.45) is 0 Å². The van der Waals surface area contributed by atoms with E-state index in [2.05, 4.69) is 30.7 Å². The van der Waals surface area contributed by atoms with Gasteiger partial charge in [0.05, 0.1) is 23.6 Å². The zero-order chi connectivity index (χ0) is 11.7. The lowest BCUT2D eigenvalue weighted by atomic mass is 10.2. The number of aromatic amines is 2. The molecule has 7 heteroatoms. The van der Waals surface area contributed by atoms with Crippen molar-refractivity contribution in [1.82, 2.24) is 25.4 Å². The van der Waals surface area contributed by atoms with Crippen LogP contribution in [0.1, 0.15) is 10.5 Å². The number of nitrogens with one attached hydrogen (secondary N) is 3. The van der Waals surface area contributed by atoms with Crippen LogP contribution in [-0.4, -0.2) is 31.3 Å². The molecular formula is C10H8N6O. The molecule has 1 aromatic carbocycles. The van der Waals surface area contributed by atoms with Crippen LogP contribution in [0, 0.1) is 0 Å². The van der Waals surface area contributed by atoms with Crippen LogP contribution < -0.4 is 5.32 Å². The Labute approximate surface area is 95.3 Å². The van der Waals surface area contributed by atoms with Crippen molar-refractivity contribution in [3.63, 3.8) is 0 Å². The average Bonchev–Trinajstić information content (AvgIpc) is 2.99. The van der Waals surface area contributed by atoms with Gasteiger partial charge in [0.1, 0.15) is 0 Å². The van der Waals surface area contributed by atoms with Crippen LogP contribution in [0.5, 0.6) is 0 Å². The van der Waals surface area contributed by atoms with E-state index in [1.54, 1.807) is 18.5 Å². The molecule has 7 nitrogen and oxygen atoms in total. The van der Waals surface area contributed by atoms with Gasteiger partial charge in [0.25, 0.3) is 5.91 Å². The maximum atomic E-state index is 11.7. The first-order valence-electron chi connectivity index (χ1n) is 4.93. The summed E-state index contributed by atoms with van der Waals surface area (Å²) in [5.74, 6) is -0.308. The molecule has 2 aromatic heterocycles. The molecule has 0 fully saturated rings. The van der Waals surface area contributed by atoms with Crippen molar-refractivity contribution in [1.29, 1.82) is 0 Å². The molecule has 84 valence electrons. The Morgan fingerprint density at radius 1 is 1.35 bits per heavy atom. The number of aromatic nitrogens is 5. The summed E-state index contributed by atoms with van der Waals surface area (Å²) in [5.41, 5.74) is 2.64. The third kappa shape index (κ3) is 1.73. The number of fused-ring (bicyclic) bond motifs is 1. The van der Waals surface area contributed by atoms with E-state index in [0.29, 0.717) is 5.69 Å². The fourth-order valence-electron chi connectivity index (χ4n) is 1.52. The number of imidazole rings is 1. The molecule has 3 aromatic rings. The molecule has 0 saturated carbocycles. The number of H-pyrrole nitrogens is 2. The summed E-state index contributed by atoms with van der Waals surface area (Å²) < 4.78 is 0. The van der Waals surface area contributed by atoms with E-state index >= 15 is 0 Å². The van der Waals surface area contributed by atoms with Gasteiger partial charge in [-0.15, -0.1) is 0 Å². The monoisotopic (exact) mass is 228 g/mol. The minimum absolute atomic E-state index is 0.245. The van der Waals surface area contributed by atoms with E-state index in [-0.39, 0.29) is 11.6 Å². The van der Waals surface area contributed by atoms with Gasteiger partial charge in [-0.3, -0.25) is 4.79 Å². The van der Waals surface area contributed by atoms with Gasteiger partial charge in [0.15, 0.2) is 5.69 Å². The number of hydrogen-bond donors (Lipinski definition) is 3. The molecule has 0 atom stereocenters. The summed E-state index contributed by atoms with van der Waals surface area (Å²) in [4.78, 5) is 18.8. The second-order valence-corrected chi connectivity index (χ2v) is 3.44. The Balaban J connectivity index is 1.87. The highest BCUT2D eigenvalue weighted by atomic mass is 16.2. The number of rotatable bonds is 2. The Morgan fingerprint density at radius 3 is 3.12 bits per heavy atom. The standard InChI is InChI=1S/C10H8N6O/c17-10(9-4-13-16-15-9)14-6-1-2-7-8(3-6)12-5-11-7/h1-5H,(H,11,12)(H,14,17)(H,13,15,16). The SMILES string of the molecule is O=C(Nc1ccc2nc[nH]c2c1)c1cn[nH]n1. The molecule has 0 unspecified atom stereocenters. The lowest BCUT2D eigenvalue weighted by Gasteiger charge is -2.02. The van der Waals surface area contributed by atoms with Crippen molar-refractivity contribution in [3.05, 3.63) is 36.4 Å². The van der Waals surface area contributed by atoms with Crippen LogP contribution in [0.3, 0.4) is 0 Å². The number of benzene rings is 1. The van der Waals surface area contributed by atoms with E-state index in [1.807, 2.05) is 6.07 Å². The van der Waals surface area contributed by atoms with Gasteiger partial charge in [-0.2, -0.15) is 15.4 Å². The molecule has 0 aliphatic rings. The summed E-state index contributed by atoms with van der Waals surface area (Å²) in [5, 5.41) is 12.4. The Kier molecular flexibility index (Phi) is 2.08. The largest absolute Gasteiger partial charge is 0.345 e. The molecule has 3 rings (SSSR count). The third-order valence-corrected chi connectivity index (χ3v) is 2.33. The number of amides is 1. The summed E-state index contributed by atoms with van der Waals surface area (Å²) in [6.07, 6.45) is 2.97. The number of nitrogens with zero attached hydrogens (tertiary/aromatic N) is 3. The van der Waals surface area contributed by atoms with Gasteiger partial charge in [-0.25, -0.2) is 4.98 Å². The van der Waals surface area contributed by atoms with Crippen LogP contribution in [0.2, 0.25) is 0 Å². The highest BCUT2D eigenvalue weighted by molar-refractivity contribution is 6.03. The topological polar surface area (TPSA) is 99.4 Å². The molecule has 0 spiro atoms. The fraction of sp³-hybridized carbons (Fsp3) is 0. The van der Waals surface area contributed by atoms with Gasteiger partial charge in [-0.1, -0.05) is 0 Å². The molecule has 0 bridgehead atoms. The normalized spacial score (nSPS) is 10.6. The molecule has 1 amide bonds. The molecule has 0 saturated heterocycles. The highest BCUT2D eigenvalue weighted by Crippen LogP contribution is 2.15. The van der Waals surface area contributed by atoms with E-state index in [4.69, 9.17) is 0 Å². The zero-order valence-corrected chi connectivity index (χ0v) is 8.64. The summed E-state index contributed by atoms with van der Waals surface area (Å²) in [6.45, 7) is 0. The average molecular weight is 228 g/mol. The van der Waals surface area contributed by atoms with E-state index in [9.17, 15) is 4.79 Å². The minimum atomic E-state index is -0.308. The van der Waals surface area contributed by atoms with Crippen molar-refractivity contribution in [2.45, 2.75) is 0 Å². The summed E-state index contributed by atoms with van der Waals surface area (Å²) in [7, 11) is 0. The van der Waals surface area contributed by atoms with Gasteiger partial charge in [-0.05, 0) is 18.2 Å². The number of anilines is 1. The third-order valence-electron chi connectivity index (χ3n) is 2.33. The quantitative estimate of drug-likeness (QED) is 0.607. The molecule has 0 radical (unpaired) electrons. The Bertz CT molecular complexity index is 656. The highest BCUT2D eigenvalue weighted by Gasteiger charge is 2.09. The molecule has 2 heterocycles. The van der Waals surface area contributed by atoms with E-state index in [0.717, 1.165) is 11.0 Å². The summed E-state index contributed by atoms with van der Waals surface area (Å²) >= 11 is 0. The fourth-order valence-corrected chi connectivity index (χ4v) is 1.52. The minimum Gasteiger partial charge on any atom is -0.345 e.